The first kappa shape index (κ1) is 16.5. The summed E-state index contributed by atoms with van der Waals surface area (Å²) in [4.78, 5) is 16.7. The molecular weight excluding hydrogens is 312 g/mol. The van der Waals surface area contributed by atoms with Crippen LogP contribution in [-0.4, -0.2) is 11.8 Å². The smallest absolute Gasteiger partial charge is 0.298 e. The summed E-state index contributed by atoms with van der Waals surface area (Å²) in [6.45, 7) is 1.81. The molecule has 0 fully saturated rings. The number of hydrogen-bond donors (Lipinski definition) is 1. The number of benzene rings is 3. The molecule has 124 valence electrons. The zero-order valence-corrected chi connectivity index (χ0v) is 13.8. The molecule has 0 aromatic heterocycles. The lowest BCUT2D eigenvalue weighted by atomic mass is 10.0. The van der Waals surface area contributed by atoms with Gasteiger partial charge in [0.05, 0.1) is 5.71 Å². The van der Waals surface area contributed by atoms with E-state index in [0.29, 0.717) is 11.4 Å². The third kappa shape index (κ3) is 4.54. The minimum absolute atomic E-state index is 0.621. The van der Waals surface area contributed by atoms with Gasteiger partial charge in [0.25, 0.3) is 0 Å². The Hall–Kier alpha value is -3.40. The van der Waals surface area contributed by atoms with Gasteiger partial charge in [-0.25, -0.2) is 4.79 Å². The van der Waals surface area contributed by atoms with Crippen LogP contribution in [0, 0.1) is 0 Å². The lowest BCUT2D eigenvalue weighted by molar-refractivity contribution is 0.166. The summed E-state index contributed by atoms with van der Waals surface area (Å²) in [5, 5.41) is 6.55. The van der Waals surface area contributed by atoms with Crippen molar-refractivity contribution in [1.82, 2.24) is 0 Å². The molecule has 25 heavy (non-hydrogen) atoms. The Bertz CT molecular complexity index is 875. The first-order chi connectivity index (χ1) is 12.2. The van der Waals surface area contributed by atoms with Gasteiger partial charge >= 0.3 is 6.09 Å². The molecule has 0 spiro atoms. The average Bonchev–Trinajstić information content (AvgIpc) is 2.68. The molecule has 3 aromatic rings. The number of rotatable bonds is 4. The number of nitrogens with one attached hydrogen (secondary N) is 1. The molecule has 0 unspecified atom stereocenters. The van der Waals surface area contributed by atoms with E-state index in [4.69, 9.17) is 4.84 Å². The third-order valence-electron chi connectivity index (χ3n) is 3.67. The van der Waals surface area contributed by atoms with E-state index in [0.717, 1.165) is 16.7 Å². The quantitative estimate of drug-likeness (QED) is 0.399. The van der Waals surface area contributed by atoms with E-state index in [1.165, 1.54) is 0 Å². The molecule has 0 heterocycles. The van der Waals surface area contributed by atoms with Crippen LogP contribution in [0.1, 0.15) is 12.5 Å². The molecule has 0 aliphatic heterocycles. The Labute approximate surface area is 146 Å². The monoisotopic (exact) mass is 330 g/mol. The van der Waals surface area contributed by atoms with E-state index < -0.39 is 6.09 Å². The predicted octanol–water partition coefficient (Wildman–Crippen LogP) is 5.33. The molecule has 3 rings (SSSR count). The molecule has 4 nitrogen and oxygen atoms in total. The Balaban J connectivity index is 1.69. The second-order valence-electron chi connectivity index (χ2n) is 5.49. The average molecular weight is 330 g/mol. The van der Waals surface area contributed by atoms with Crippen molar-refractivity contribution in [2.75, 3.05) is 5.32 Å². The summed E-state index contributed by atoms with van der Waals surface area (Å²) in [7, 11) is 0. The zero-order chi connectivity index (χ0) is 17.5. The number of oxime groups is 1. The molecule has 0 aliphatic rings. The van der Waals surface area contributed by atoms with Crippen molar-refractivity contribution in [3.05, 3.63) is 90.5 Å². The molecule has 0 aliphatic carbocycles. The highest BCUT2D eigenvalue weighted by molar-refractivity contribution is 5.99. The van der Waals surface area contributed by atoms with Crippen LogP contribution in [-0.2, 0) is 4.84 Å². The molecule has 0 bridgehead atoms. The van der Waals surface area contributed by atoms with Gasteiger partial charge in [0, 0.05) is 5.69 Å². The van der Waals surface area contributed by atoms with Crippen molar-refractivity contribution in [2.45, 2.75) is 6.92 Å². The van der Waals surface area contributed by atoms with Crippen molar-refractivity contribution in [3.8, 4) is 11.1 Å². The standard InChI is InChI=1S/C21H18N2O2/c1-16(23-25-21(24)22-20-13-6-3-7-14-20)18-11-8-12-19(15-18)17-9-4-2-5-10-17/h2-15H,1H3,(H,22,24). The van der Waals surface area contributed by atoms with E-state index in [1.807, 2.05) is 60.7 Å². The van der Waals surface area contributed by atoms with Gasteiger partial charge in [-0.2, -0.15) is 0 Å². The van der Waals surface area contributed by atoms with Gasteiger partial charge in [0.2, 0.25) is 0 Å². The van der Waals surface area contributed by atoms with Crippen LogP contribution < -0.4 is 5.32 Å². The topological polar surface area (TPSA) is 50.7 Å². The van der Waals surface area contributed by atoms with Gasteiger partial charge in [-0.3, -0.25) is 10.2 Å². The molecule has 3 aromatic carbocycles. The van der Waals surface area contributed by atoms with E-state index in [2.05, 4.69) is 22.6 Å². The summed E-state index contributed by atoms with van der Waals surface area (Å²) < 4.78 is 0. The summed E-state index contributed by atoms with van der Waals surface area (Å²) in [6, 6.07) is 27.1. The van der Waals surface area contributed by atoms with Gasteiger partial charge in [0.15, 0.2) is 0 Å². The Morgan fingerprint density at radius 2 is 1.48 bits per heavy atom. The third-order valence-corrected chi connectivity index (χ3v) is 3.67. The first-order valence-corrected chi connectivity index (χ1v) is 7.96. The van der Waals surface area contributed by atoms with Crippen molar-refractivity contribution < 1.29 is 9.63 Å². The normalized spacial score (nSPS) is 11.0. The number of carbonyl (C=O) groups is 1. The lowest BCUT2D eigenvalue weighted by Crippen LogP contribution is -2.11. The molecule has 1 N–H and O–H groups in total. The van der Waals surface area contributed by atoms with E-state index in [9.17, 15) is 4.79 Å². The fourth-order valence-electron chi connectivity index (χ4n) is 2.38. The molecule has 0 saturated carbocycles. The predicted molar refractivity (Wildman–Crippen MR) is 101 cm³/mol. The Morgan fingerprint density at radius 1 is 0.840 bits per heavy atom. The van der Waals surface area contributed by atoms with Crippen molar-refractivity contribution in [1.29, 1.82) is 0 Å². The van der Waals surface area contributed by atoms with Crippen LogP contribution in [0.15, 0.2) is 90.1 Å². The highest BCUT2D eigenvalue weighted by atomic mass is 16.7. The number of anilines is 1. The minimum atomic E-state index is -0.621. The maximum atomic E-state index is 11.8. The van der Waals surface area contributed by atoms with E-state index in [1.54, 1.807) is 19.1 Å². The highest BCUT2D eigenvalue weighted by Crippen LogP contribution is 2.20. The van der Waals surface area contributed by atoms with Gasteiger partial charge in [-0.05, 0) is 41.8 Å². The summed E-state index contributed by atoms with van der Waals surface area (Å²) >= 11 is 0. The van der Waals surface area contributed by atoms with Gasteiger partial charge < -0.3 is 0 Å². The molecule has 0 saturated heterocycles. The maximum Gasteiger partial charge on any atom is 0.437 e. The SMILES string of the molecule is CC(=NOC(=O)Nc1ccccc1)c1cccc(-c2ccccc2)c1. The summed E-state index contributed by atoms with van der Waals surface area (Å²) in [6.07, 6.45) is -0.621. The molecule has 0 atom stereocenters. The van der Waals surface area contributed by atoms with Gasteiger partial charge in [-0.1, -0.05) is 71.9 Å². The van der Waals surface area contributed by atoms with Crippen LogP contribution in [0.5, 0.6) is 0 Å². The van der Waals surface area contributed by atoms with Gasteiger partial charge in [0.1, 0.15) is 0 Å². The van der Waals surface area contributed by atoms with Crippen molar-refractivity contribution >= 4 is 17.5 Å². The fraction of sp³-hybridized carbons (Fsp3) is 0.0476. The van der Waals surface area contributed by atoms with Crippen LogP contribution in [0.4, 0.5) is 10.5 Å². The number of para-hydroxylation sites is 1. The molecule has 0 radical (unpaired) electrons. The van der Waals surface area contributed by atoms with Crippen molar-refractivity contribution in [2.24, 2.45) is 5.16 Å². The van der Waals surface area contributed by atoms with Crippen LogP contribution in [0.3, 0.4) is 0 Å². The number of amides is 1. The second kappa shape index (κ2) is 7.93. The zero-order valence-electron chi connectivity index (χ0n) is 13.8. The Kier molecular flexibility index (Phi) is 5.22. The van der Waals surface area contributed by atoms with Crippen LogP contribution in [0.2, 0.25) is 0 Å². The van der Waals surface area contributed by atoms with Crippen molar-refractivity contribution in [3.63, 3.8) is 0 Å². The maximum absolute atomic E-state index is 11.8. The summed E-state index contributed by atoms with van der Waals surface area (Å²) in [5.74, 6) is 0. The largest absolute Gasteiger partial charge is 0.437 e. The molecule has 4 heteroatoms. The first-order valence-electron chi connectivity index (χ1n) is 7.96. The van der Waals surface area contributed by atoms with E-state index >= 15 is 0 Å². The van der Waals surface area contributed by atoms with Crippen LogP contribution in [0.25, 0.3) is 11.1 Å². The number of nitrogens with zero attached hydrogens (tertiary/aromatic N) is 1. The number of hydrogen-bond acceptors (Lipinski definition) is 3. The van der Waals surface area contributed by atoms with Gasteiger partial charge in [-0.15, -0.1) is 0 Å². The molecular formula is C21H18N2O2. The lowest BCUT2D eigenvalue weighted by Gasteiger charge is -2.06. The second-order valence-corrected chi connectivity index (χ2v) is 5.49. The summed E-state index contributed by atoms with van der Waals surface area (Å²) in [5.41, 5.74) is 4.39. The number of carbonyl (C=O) groups excluding carboxylic acids is 1. The highest BCUT2D eigenvalue weighted by Gasteiger charge is 2.05. The minimum Gasteiger partial charge on any atom is -0.298 e. The van der Waals surface area contributed by atoms with Crippen LogP contribution >= 0.6 is 0 Å². The van der Waals surface area contributed by atoms with E-state index in [-0.39, 0.29) is 0 Å². The fourth-order valence-corrected chi connectivity index (χ4v) is 2.38. The molecule has 1 amide bonds. The Morgan fingerprint density at radius 3 is 2.20 bits per heavy atom.